The molecule has 0 aliphatic carbocycles. The smallest absolute Gasteiger partial charge is 0.160 e. The van der Waals surface area contributed by atoms with E-state index < -0.39 is 0 Å². The molecule has 228 valence electrons. The molecule has 0 aliphatic heterocycles. The molecule has 0 N–H and O–H groups in total. The molecule has 0 aliphatic rings. The lowest BCUT2D eigenvalue weighted by molar-refractivity contribution is 1.16. The van der Waals surface area contributed by atoms with E-state index in [2.05, 4.69) is 168 Å². The minimum absolute atomic E-state index is 0.700. The van der Waals surface area contributed by atoms with Gasteiger partial charge in [-0.2, -0.15) is 0 Å². The monoisotopic (exact) mass is 623 g/mol. The molecule has 8 aromatic carbocycles. The van der Waals surface area contributed by atoms with Gasteiger partial charge in [-0.15, -0.1) is 0 Å². The van der Waals surface area contributed by atoms with Crippen LogP contribution in [0.1, 0.15) is 0 Å². The normalized spacial score (nSPS) is 11.7. The predicted molar refractivity (Wildman–Crippen MR) is 205 cm³/mol. The predicted octanol–water partition coefficient (Wildman–Crippen LogP) is 12.0. The van der Waals surface area contributed by atoms with Crippen molar-refractivity contribution in [3.63, 3.8) is 0 Å². The molecule has 0 amide bonds. The molecule has 10 aromatic rings. The number of rotatable bonds is 4. The molecule has 3 heteroatoms. The minimum atomic E-state index is 0.700. The number of benzene rings is 8. The maximum atomic E-state index is 5.13. The van der Waals surface area contributed by atoms with Gasteiger partial charge in [-0.1, -0.05) is 146 Å². The fraction of sp³-hybridized carbons (Fsp3) is 0. The number of nitrogens with zero attached hydrogens (tertiary/aromatic N) is 3. The summed E-state index contributed by atoms with van der Waals surface area (Å²) in [5.74, 6) is 0.700. The van der Waals surface area contributed by atoms with Gasteiger partial charge in [-0.05, 0) is 57.3 Å². The van der Waals surface area contributed by atoms with Gasteiger partial charge in [0.15, 0.2) is 5.82 Å². The minimum Gasteiger partial charge on any atom is -0.309 e. The van der Waals surface area contributed by atoms with Crippen molar-refractivity contribution in [2.24, 2.45) is 0 Å². The van der Waals surface area contributed by atoms with Gasteiger partial charge >= 0.3 is 0 Å². The Hall–Kier alpha value is -6.58. The summed E-state index contributed by atoms with van der Waals surface area (Å²) >= 11 is 0. The van der Waals surface area contributed by atoms with E-state index in [1.807, 2.05) is 12.1 Å². The number of hydrogen-bond donors (Lipinski definition) is 0. The highest BCUT2D eigenvalue weighted by Crippen LogP contribution is 2.43. The highest BCUT2D eigenvalue weighted by Gasteiger charge is 2.19. The van der Waals surface area contributed by atoms with Crippen molar-refractivity contribution < 1.29 is 0 Å². The van der Waals surface area contributed by atoms with E-state index >= 15 is 0 Å². The molecule has 0 spiro atoms. The quantitative estimate of drug-likeness (QED) is 0.183. The van der Waals surface area contributed by atoms with Crippen LogP contribution < -0.4 is 0 Å². The van der Waals surface area contributed by atoms with E-state index in [1.54, 1.807) is 0 Å². The highest BCUT2D eigenvalue weighted by atomic mass is 15.0. The topological polar surface area (TPSA) is 30.7 Å². The van der Waals surface area contributed by atoms with Crippen LogP contribution >= 0.6 is 0 Å². The fourth-order valence-corrected chi connectivity index (χ4v) is 7.61. The average Bonchev–Trinajstić information content (AvgIpc) is 3.53. The Labute approximate surface area is 283 Å². The summed E-state index contributed by atoms with van der Waals surface area (Å²) in [6.07, 6.45) is 0. The Morgan fingerprint density at radius 2 is 0.837 bits per heavy atom. The van der Waals surface area contributed by atoms with Crippen LogP contribution in [-0.4, -0.2) is 14.5 Å². The van der Waals surface area contributed by atoms with Gasteiger partial charge in [0.1, 0.15) is 0 Å². The van der Waals surface area contributed by atoms with E-state index in [1.165, 1.54) is 54.1 Å². The Morgan fingerprint density at radius 3 is 1.49 bits per heavy atom. The van der Waals surface area contributed by atoms with E-state index in [0.29, 0.717) is 5.82 Å². The van der Waals surface area contributed by atoms with E-state index in [-0.39, 0.29) is 0 Å². The summed E-state index contributed by atoms with van der Waals surface area (Å²) in [6.45, 7) is 0. The Bertz CT molecular complexity index is 2780. The zero-order valence-electron chi connectivity index (χ0n) is 26.6. The Morgan fingerprint density at radius 1 is 0.327 bits per heavy atom. The second kappa shape index (κ2) is 11.0. The van der Waals surface area contributed by atoms with Crippen molar-refractivity contribution in [3.8, 4) is 39.6 Å². The van der Waals surface area contributed by atoms with Crippen molar-refractivity contribution in [2.45, 2.75) is 0 Å². The Kier molecular flexibility index (Phi) is 6.18. The summed E-state index contributed by atoms with van der Waals surface area (Å²) in [5.41, 5.74) is 8.31. The molecule has 3 nitrogen and oxygen atoms in total. The third-order valence-electron chi connectivity index (χ3n) is 9.77. The van der Waals surface area contributed by atoms with Crippen molar-refractivity contribution in [2.75, 3.05) is 0 Å². The van der Waals surface area contributed by atoms with Gasteiger partial charge in [0.05, 0.1) is 22.4 Å². The molecule has 0 saturated heterocycles. The first-order chi connectivity index (χ1) is 24.3. The summed E-state index contributed by atoms with van der Waals surface area (Å²) < 4.78 is 2.40. The molecule has 0 saturated carbocycles. The van der Waals surface area contributed by atoms with Crippen LogP contribution in [0.15, 0.2) is 176 Å². The zero-order valence-corrected chi connectivity index (χ0v) is 26.6. The molecule has 0 radical (unpaired) electrons. The molecular formula is C46H29N3. The highest BCUT2D eigenvalue weighted by molar-refractivity contribution is 6.35. The number of fused-ring (bicyclic) bond motifs is 10. The summed E-state index contributed by atoms with van der Waals surface area (Å²) in [4.78, 5) is 10.3. The number of hydrogen-bond acceptors (Lipinski definition) is 2. The molecule has 0 fully saturated rings. The molecule has 2 heterocycles. The van der Waals surface area contributed by atoms with Crippen molar-refractivity contribution in [3.05, 3.63) is 176 Å². The molecule has 2 aromatic heterocycles. The molecule has 10 rings (SSSR count). The second-order valence-corrected chi connectivity index (χ2v) is 12.6. The standard InChI is InChI=1S/C46H29N3/c1-3-14-30(15-4-1)40-29-41(31-16-5-2-6-17-31)48-46(47-40)32-18-13-19-33(28-32)49-42-25-12-11-24-39(42)45-43(49)27-26-38-36-22-8-7-20-34(36)35-21-9-10-23-37(35)44(38)45/h1-29H. The van der Waals surface area contributed by atoms with Crippen LogP contribution in [0.25, 0.3) is 93.7 Å². The van der Waals surface area contributed by atoms with Crippen LogP contribution in [0, 0.1) is 0 Å². The van der Waals surface area contributed by atoms with Crippen molar-refractivity contribution in [1.82, 2.24) is 14.5 Å². The van der Waals surface area contributed by atoms with Crippen molar-refractivity contribution >= 4 is 54.1 Å². The molecule has 0 unspecified atom stereocenters. The first-order valence-corrected chi connectivity index (χ1v) is 16.7. The third-order valence-corrected chi connectivity index (χ3v) is 9.77. The van der Waals surface area contributed by atoms with E-state index in [4.69, 9.17) is 9.97 Å². The van der Waals surface area contributed by atoms with Crippen LogP contribution in [-0.2, 0) is 0 Å². The summed E-state index contributed by atoms with van der Waals surface area (Å²) in [6, 6.07) is 62.5. The largest absolute Gasteiger partial charge is 0.309 e. The van der Waals surface area contributed by atoms with Gasteiger partial charge in [-0.3, -0.25) is 0 Å². The van der Waals surface area contributed by atoms with Crippen LogP contribution in [0.5, 0.6) is 0 Å². The third kappa shape index (κ3) is 4.37. The number of para-hydroxylation sites is 1. The first-order valence-electron chi connectivity index (χ1n) is 16.7. The molecular weight excluding hydrogens is 595 g/mol. The van der Waals surface area contributed by atoms with Crippen molar-refractivity contribution in [1.29, 1.82) is 0 Å². The van der Waals surface area contributed by atoms with Crippen LogP contribution in [0.4, 0.5) is 0 Å². The van der Waals surface area contributed by atoms with Crippen LogP contribution in [0.2, 0.25) is 0 Å². The maximum absolute atomic E-state index is 5.13. The number of aromatic nitrogens is 3. The van der Waals surface area contributed by atoms with Gasteiger partial charge in [0.2, 0.25) is 0 Å². The van der Waals surface area contributed by atoms with E-state index in [9.17, 15) is 0 Å². The average molecular weight is 624 g/mol. The molecule has 49 heavy (non-hydrogen) atoms. The summed E-state index contributed by atoms with van der Waals surface area (Å²) in [5, 5.41) is 10.2. The van der Waals surface area contributed by atoms with E-state index in [0.717, 1.165) is 33.8 Å². The maximum Gasteiger partial charge on any atom is 0.160 e. The lowest BCUT2D eigenvalue weighted by atomic mass is 9.92. The molecule has 0 atom stereocenters. The Balaban J connectivity index is 1.24. The zero-order chi connectivity index (χ0) is 32.3. The van der Waals surface area contributed by atoms with Gasteiger partial charge in [0, 0.05) is 38.5 Å². The van der Waals surface area contributed by atoms with Gasteiger partial charge in [-0.25, -0.2) is 9.97 Å². The first kappa shape index (κ1) is 27.5. The van der Waals surface area contributed by atoms with Gasteiger partial charge < -0.3 is 4.57 Å². The lowest BCUT2D eigenvalue weighted by Crippen LogP contribution is -1.98. The van der Waals surface area contributed by atoms with Crippen LogP contribution in [0.3, 0.4) is 0 Å². The second-order valence-electron chi connectivity index (χ2n) is 12.6. The lowest BCUT2D eigenvalue weighted by Gasteiger charge is -2.13. The summed E-state index contributed by atoms with van der Waals surface area (Å²) in [7, 11) is 0. The van der Waals surface area contributed by atoms with Gasteiger partial charge in [0.25, 0.3) is 0 Å². The fourth-order valence-electron chi connectivity index (χ4n) is 7.61. The SMILES string of the molecule is c1ccc(-c2cc(-c3ccccc3)nc(-c3cccc(-n4c5ccccc5c5c6c7ccccc7c7ccccc7c6ccc54)c3)n2)cc1. The molecule has 0 bridgehead atoms.